The molecule has 0 atom stereocenters. The number of aromatic nitrogens is 1. The van der Waals surface area contributed by atoms with Crippen LogP contribution in [0.5, 0.6) is 0 Å². The van der Waals surface area contributed by atoms with E-state index in [4.69, 9.17) is 0 Å². The third kappa shape index (κ3) is 3.47. The van der Waals surface area contributed by atoms with E-state index < -0.39 is 5.97 Å². The first-order chi connectivity index (χ1) is 12.7. The fourth-order valence-corrected chi connectivity index (χ4v) is 3.30. The zero-order valence-electron chi connectivity index (χ0n) is 15.1. The predicted octanol–water partition coefficient (Wildman–Crippen LogP) is 5.83. The van der Waals surface area contributed by atoms with E-state index in [1.807, 2.05) is 37.3 Å². The average Bonchev–Trinajstić information content (AvgIpc) is 3.01. The van der Waals surface area contributed by atoms with E-state index in [0.29, 0.717) is 5.56 Å². The highest BCUT2D eigenvalue weighted by molar-refractivity contribution is 5.88. The zero-order chi connectivity index (χ0) is 18.5. The van der Waals surface area contributed by atoms with Crippen LogP contribution in [0.2, 0.25) is 0 Å². The van der Waals surface area contributed by atoms with Crippen molar-refractivity contribution < 1.29 is 9.90 Å². The highest BCUT2D eigenvalue weighted by Gasteiger charge is 2.17. The molecule has 0 amide bonds. The molecule has 0 saturated heterocycles. The lowest BCUT2D eigenvalue weighted by molar-refractivity contribution is 0.0697. The van der Waals surface area contributed by atoms with Gasteiger partial charge in [-0.25, -0.2) is 4.79 Å². The molecule has 0 bridgehead atoms. The number of hydrogen-bond donors (Lipinski definition) is 1. The van der Waals surface area contributed by atoms with Gasteiger partial charge in [0.1, 0.15) is 0 Å². The number of hydrogen-bond acceptors (Lipinski definition) is 1. The highest BCUT2D eigenvalue weighted by Crippen LogP contribution is 2.32. The van der Waals surface area contributed by atoms with Gasteiger partial charge >= 0.3 is 5.97 Å². The van der Waals surface area contributed by atoms with Crippen molar-refractivity contribution in [1.82, 2.24) is 4.57 Å². The summed E-state index contributed by atoms with van der Waals surface area (Å²) in [5.74, 6) is -0.910. The minimum atomic E-state index is -0.910. The van der Waals surface area contributed by atoms with Crippen LogP contribution in [0.3, 0.4) is 0 Å². The smallest absolute Gasteiger partial charge is 0.335 e. The molecule has 0 aliphatic heterocycles. The Hall–Kier alpha value is -3.07. The van der Waals surface area contributed by atoms with Gasteiger partial charge in [-0.3, -0.25) is 0 Å². The van der Waals surface area contributed by atoms with Crippen LogP contribution in [0.1, 0.15) is 42.0 Å². The Balaban J connectivity index is 2.27. The van der Waals surface area contributed by atoms with Crippen molar-refractivity contribution in [3.8, 4) is 16.8 Å². The summed E-state index contributed by atoms with van der Waals surface area (Å²) in [6.45, 7) is 4.15. The van der Waals surface area contributed by atoms with Gasteiger partial charge in [0.15, 0.2) is 0 Å². The Morgan fingerprint density at radius 2 is 1.85 bits per heavy atom. The largest absolute Gasteiger partial charge is 0.478 e. The number of rotatable bonds is 6. The molecule has 0 aliphatic rings. The Morgan fingerprint density at radius 3 is 2.50 bits per heavy atom. The minimum Gasteiger partial charge on any atom is -0.478 e. The lowest BCUT2D eigenvalue weighted by atomic mass is 10.0. The lowest BCUT2D eigenvalue weighted by Gasteiger charge is -2.14. The standard InChI is InChI=1S/C23H23NO2/c1-3-9-19-16-21(17-11-6-5-7-12-17)22(10-4-2)24(19)20-14-8-13-18(15-20)23(25)26/h3,5-9,11-16H,4,10H2,1-2H3,(H,25,26)/b9-3+. The molecular formula is C23H23NO2. The summed E-state index contributed by atoms with van der Waals surface area (Å²) in [6.07, 6.45) is 6.01. The predicted molar refractivity (Wildman–Crippen MR) is 107 cm³/mol. The second-order valence-corrected chi connectivity index (χ2v) is 6.24. The summed E-state index contributed by atoms with van der Waals surface area (Å²) in [5, 5.41) is 9.36. The number of allylic oxidation sites excluding steroid dienone is 1. The quantitative estimate of drug-likeness (QED) is 0.611. The van der Waals surface area contributed by atoms with Crippen LogP contribution < -0.4 is 0 Å². The fourth-order valence-electron chi connectivity index (χ4n) is 3.30. The van der Waals surface area contributed by atoms with Crippen LogP contribution in [0.4, 0.5) is 0 Å². The van der Waals surface area contributed by atoms with Gasteiger partial charge in [0.05, 0.1) is 5.56 Å². The number of benzene rings is 2. The van der Waals surface area contributed by atoms with E-state index in [1.165, 1.54) is 16.8 Å². The highest BCUT2D eigenvalue weighted by atomic mass is 16.4. The van der Waals surface area contributed by atoms with Crippen molar-refractivity contribution in [2.45, 2.75) is 26.7 Å². The third-order valence-corrected chi connectivity index (χ3v) is 4.39. The summed E-state index contributed by atoms with van der Waals surface area (Å²) in [6, 6.07) is 19.7. The van der Waals surface area contributed by atoms with Gasteiger partial charge in [-0.1, -0.05) is 55.8 Å². The summed E-state index contributed by atoms with van der Waals surface area (Å²) in [4.78, 5) is 11.4. The van der Waals surface area contributed by atoms with Crippen LogP contribution in [0.15, 0.2) is 66.7 Å². The molecule has 0 fully saturated rings. The van der Waals surface area contributed by atoms with Gasteiger partial charge in [0.2, 0.25) is 0 Å². The van der Waals surface area contributed by atoms with Crippen molar-refractivity contribution in [1.29, 1.82) is 0 Å². The molecule has 0 saturated carbocycles. The van der Waals surface area contributed by atoms with E-state index in [1.54, 1.807) is 18.2 Å². The molecular weight excluding hydrogens is 322 g/mol. The zero-order valence-corrected chi connectivity index (χ0v) is 15.1. The second kappa shape index (κ2) is 7.87. The van der Waals surface area contributed by atoms with Gasteiger partial charge in [0, 0.05) is 22.6 Å². The van der Waals surface area contributed by atoms with E-state index in [9.17, 15) is 9.90 Å². The van der Waals surface area contributed by atoms with Crippen LogP contribution >= 0.6 is 0 Å². The Labute approximate surface area is 154 Å². The monoisotopic (exact) mass is 345 g/mol. The van der Waals surface area contributed by atoms with Crippen molar-refractivity contribution >= 4 is 12.0 Å². The van der Waals surface area contributed by atoms with Gasteiger partial charge in [-0.2, -0.15) is 0 Å². The molecule has 0 spiro atoms. The van der Waals surface area contributed by atoms with Crippen LogP contribution in [0, 0.1) is 0 Å². The van der Waals surface area contributed by atoms with E-state index >= 15 is 0 Å². The van der Waals surface area contributed by atoms with Crippen LogP contribution in [0.25, 0.3) is 22.9 Å². The van der Waals surface area contributed by atoms with Crippen LogP contribution in [-0.4, -0.2) is 15.6 Å². The SMILES string of the molecule is C/C=C/c1cc(-c2ccccc2)c(CCC)n1-c1cccc(C(=O)O)c1. The Morgan fingerprint density at radius 1 is 1.08 bits per heavy atom. The van der Waals surface area contributed by atoms with Crippen molar-refractivity contribution in [3.63, 3.8) is 0 Å². The first-order valence-corrected chi connectivity index (χ1v) is 8.92. The molecule has 1 N–H and O–H groups in total. The minimum absolute atomic E-state index is 0.298. The number of carbonyl (C=O) groups is 1. The number of aromatic carboxylic acids is 1. The molecule has 3 aromatic rings. The molecule has 0 aliphatic carbocycles. The molecule has 0 radical (unpaired) electrons. The Kier molecular flexibility index (Phi) is 5.37. The van der Waals surface area contributed by atoms with Crippen molar-refractivity contribution in [2.24, 2.45) is 0 Å². The first kappa shape index (κ1) is 17.7. The second-order valence-electron chi connectivity index (χ2n) is 6.24. The molecule has 3 nitrogen and oxygen atoms in total. The van der Waals surface area contributed by atoms with E-state index in [2.05, 4.69) is 35.8 Å². The summed E-state index contributed by atoms with van der Waals surface area (Å²) >= 11 is 0. The molecule has 1 heterocycles. The fraction of sp³-hybridized carbons (Fsp3) is 0.174. The average molecular weight is 345 g/mol. The van der Waals surface area contributed by atoms with E-state index in [0.717, 1.165) is 24.2 Å². The molecule has 132 valence electrons. The third-order valence-electron chi connectivity index (χ3n) is 4.39. The maximum Gasteiger partial charge on any atom is 0.335 e. The maximum absolute atomic E-state index is 11.4. The van der Waals surface area contributed by atoms with E-state index in [-0.39, 0.29) is 0 Å². The summed E-state index contributed by atoms with van der Waals surface area (Å²) < 4.78 is 2.18. The molecule has 1 aromatic heterocycles. The molecule has 3 rings (SSSR count). The number of carboxylic acids is 1. The van der Waals surface area contributed by atoms with Crippen LogP contribution in [-0.2, 0) is 6.42 Å². The number of nitrogens with zero attached hydrogens (tertiary/aromatic N) is 1. The summed E-state index contributed by atoms with van der Waals surface area (Å²) in [7, 11) is 0. The molecule has 0 unspecified atom stereocenters. The van der Waals surface area contributed by atoms with Gasteiger partial charge in [-0.15, -0.1) is 0 Å². The topological polar surface area (TPSA) is 42.2 Å². The molecule has 26 heavy (non-hydrogen) atoms. The van der Waals surface area contributed by atoms with Crippen molar-refractivity contribution in [3.05, 3.63) is 83.7 Å². The number of carboxylic acid groups (broad SMARTS) is 1. The van der Waals surface area contributed by atoms with Gasteiger partial charge < -0.3 is 9.67 Å². The van der Waals surface area contributed by atoms with Gasteiger partial charge in [-0.05, 0) is 49.2 Å². The normalized spacial score (nSPS) is 11.2. The molecule has 3 heteroatoms. The van der Waals surface area contributed by atoms with Crippen molar-refractivity contribution in [2.75, 3.05) is 0 Å². The lowest BCUT2D eigenvalue weighted by Crippen LogP contribution is -2.05. The maximum atomic E-state index is 11.4. The van der Waals surface area contributed by atoms with Gasteiger partial charge in [0.25, 0.3) is 0 Å². The summed E-state index contributed by atoms with van der Waals surface area (Å²) in [5.41, 5.74) is 5.80. The Bertz CT molecular complexity index is 936. The first-order valence-electron chi connectivity index (χ1n) is 8.92. The molecule has 2 aromatic carbocycles.